The summed E-state index contributed by atoms with van der Waals surface area (Å²) in [4.78, 5) is 28.0. The molecule has 7 heteroatoms. The van der Waals surface area contributed by atoms with Gasteiger partial charge in [0.15, 0.2) is 0 Å². The summed E-state index contributed by atoms with van der Waals surface area (Å²) >= 11 is 0. The number of carbonyl (C=O) groups is 2. The topological polar surface area (TPSA) is 96.3 Å². The van der Waals surface area contributed by atoms with Crippen LogP contribution in [0.15, 0.2) is 72.3 Å². The fourth-order valence-corrected chi connectivity index (χ4v) is 4.20. The Hall–Kier alpha value is -4.26. The van der Waals surface area contributed by atoms with E-state index in [2.05, 4.69) is 13.8 Å². The molecule has 0 saturated carbocycles. The standard InChI is InChI=1S/C29H29NO6/c1-17(2)16-36-24-13-10-20(14-18(24)3)27(32)25-26(19-8-11-22(31)12-9-19)30(29(34)28(25)33)21-6-5-7-23(15-21)35-4/h5-15,17,26,31-32H,16H2,1-4H3/b27-25+. The van der Waals surface area contributed by atoms with Crippen LogP contribution in [0.3, 0.4) is 0 Å². The van der Waals surface area contributed by atoms with Gasteiger partial charge in [-0.05, 0) is 66.4 Å². The maximum atomic E-state index is 13.3. The fraction of sp³-hybridized carbons (Fsp3) is 0.241. The van der Waals surface area contributed by atoms with Crippen molar-refractivity contribution < 1.29 is 29.3 Å². The van der Waals surface area contributed by atoms with Crippen molar-refractivity contribution in [3.05, 3.63) is 89.0 Å². The third-order valence-electron chi connectivity index (χ3n) is 6.01. The van der Waals surface area contributed by atoms with Crippen LogP contribution in [-0.2, 0) is 9.59 Å². The number of phenolic OH excluding ortho intramolecular Hbond substituents is 1. The summed E-state index contributed by atoms with van der Waals surface area (Å²) in [6.07, 6.45) is 0. The number of aryl methyl sites for hydroxylation is 1. The molecule has 1 saturated heterocycles. The third-order valence-corrected chi connectivity index (χ3v) is 6.01. The maximum Gasteiger partial charge on any atom is 0.300 e. The summed E-state index contributed by atoms with van der Waals surface area (Å²) in [7, 11) is 1.52. The smallest absolute Gasteiger partial charge is 0.300 e. The summed E-state index contributed by atoms with van der Waals surface area (Å²) in [6, 6.07) is 17.3. The molecule has 36 heavy (non-hydrogen) atoms. The van der Waals surface area contributed by atoms with Crippen LogP contribution in [0.4, 0.5) is 5.69 Å². The summed E-state index contributed by atoms with van der Waals surface area (Å²) < 4.78 is 11.1. The van der Waals surface area contributed by atoms with Gasteiger partial charge in [-0.1, -0.05) is 32.0 Å². The van der Waals surface area contributed by atoms with E-state index in [1.54, 1.807) is 54.6 Å². The third kappa shape index (κ3) is 4.77. The number of aliphatic hydroxyl groups excluding tert-OH is 1. The number of benzene rings is 3. The number of ketones is 1. The van der Waals surface area contributed by atoms with E-state index >= 15 is 0 Å². The number of methoxy groups -OCH3 is 1. The van der Waals surface area contributed by atoms with E-state index in [-0.39, 0.29) is 17.1 Å². The molecule has 1 fully saturated rings. The van der Waals surface area contributed by atoms with Crippen LogP contribution in [0.2, 0.25) is 0 Å². The van der Waals surface area contributed by atoms with Gasteiger partial charge in [0, 0.05) is 17.3 Å². The van der Waals surface area contributed by atoms with E-state index in [0.29, 0.717) is 40.8 Å². The van der Waals surface area contributed by atoms with E-state index in [9.17, 15) is 19.8 Å². The first-order chi connectivity index (χ1) is 17.2. The van der Waals surface area contributed by atoms with Gasteiger partial charge in [0.25, 0.3) is 11.7 Å². The Morgan fingerprint density at radius 3 is 2.39 bits per heavy atom. The second kappa shape index (κ2) is 10.2. The number of hydrogen-bond acceptors (Lipinski definition) is 6. The van der Waals surface area contributed by atoms with Crippen molar-refractivity contribution in [2.45, 2.75) is 26.8 Å². The zero-order valence-electron chi connectivity index (χ0n) is 20.7. The van der Waals surface area contributed by atoms with Crippen LogP contribution in [0.5, 0.6) is 17.2 Å². The summed E-state index contributed by atoms with van der Waals surface area (Å²) in [6.45, 7) is 6.53. The molecule has 1 aliphatic rings. The number of hydrogen-bond donors (Lipinski definition) is 2. The van der Waals surface area contributed by atoms with Crippen LogP contribution < -0.4 is 14.4 Å². The number of aromatic hydroxyl groups is 1. The average Bonchev–Trinajstić information content (AvgIpc) is 3.13. The van der Waals surface area contributed by atoms with E-state index in [1.807, 2.05) is 6.92 Å². The summed E-state index contributed by atoms with van der Waals surface area (Å²) in [5.74, 6) is -0.239. The number of nitrogens with zero attached hydrogens (tertiary/aromatic N) is 1. The zero-order chi connectivity index (χ0) is 26.0. The molecule has 0 aliphatic carbocycles. The van der Waals surface area contributed by atoms with Crippen LogP contribution in [-0.4, -0.2) is 35.6 Å². The highest BCUT2D eigenvalue weighted by Crippen LogP contribution is 2.43. The Morgan fingerprint density at radius 1 is 1.03 bits per heavy atom. The van der Waals surface area contributed by atoms with Gasteiger partial charge < -0.3 is 19.7 Å². The molecule has 0 radical (unpaired) electrons. The Kier molecular flexibility index (Phi) is 7.01. The molecule has 1 aliphatic heterocycles. The molecular weight excluding hydrogens is 458 g/mol. The zero-order valence-corrected chi connectivity index (χ0v) is 20.7. The molecule has 0 spiro atoms. The van der Waals surface area contributed by atoms with Crippen LogP contribution >= 0.6 is 0 Å². The van der Waals surface area contributed by atoms with Crippen molar-refractivity contribution >= 4 is 23.1 Å². The first-order valence-electron chi connectivity index (χ1n) is 11.7. The lowest BCUT2D eigenvalue weighted by Crippen LogP contribution is -2.29. The van der Waals surface area contributed by atoms with Crippen LogP contribution in [0.25, 0.3) is 5.76 Å². The number of carbonyl (C=O) groups excluding carboxylic acids is 2. The number of Topliss-reactive ketones (excluding diaryl/α,β-unsaturated/α-hetero) is 1. The Labute approximate surface area is 210 Å². The van der Waals surface area contributed by atoms with Crippen molar-refractivity contribution in [2.24, 2.45) is 5.92 Å². The average molecular weight is 488 g/mol. The van der Waals surface area contributed by atoms with Crippen molar-refractivity contribution in [1.29, 1.82) is 0 Å². The normalized spacial score (nSPS) is 17.0. The highest BCUT2D eigenvalue weighted by molar-refractivity contribution is 6.51. The Balaban J connectivity index is 1.85. The number of rotatable bonds is 7. The molecule has 3 aromatic carbocycles. The minimum Gasteiger partial charge on any atom is -0.508 e. The van der Waals surface area contributed by atoms with E-state index in [0.717, 1.165) is 5.56 Å². The van der Waals surface area contributed by atoms with Gasteiger partial charge in [-0.15, -0.1) is 0 Å². The number of amides is 1. The SMILES string of the molecule is COc1cccc(N2C(=O)C(=O)/C(=C(/O)c3ccc(OCC(C)C)c(C)c3)C2c2ccc(O)cc2)c1. The molecule has 0 aromatic heterocycles. The quantitative estimate of drug-likeness (QED) is 0.264. The van der Waals surface area contributed by atoms with Gasteiger partial charge >= 0.3 is 0 Å². The molecule has 7 nitrogen and oxygen atoms in total. The van der Waals surface area contributed by atoms with Crippen LogP contribution in [0.1, 0.15) is 36.6 Å². The monoisotopic (exact) mass is 487 g/mol. The molecule has 2 N–H and O–H groups in total. The first kappa shape index (κ1) is 24.9. The molecule has 3 aromatic rings. The predicted molar refractivity (Wildman–Crippen MR) is 137 cm³/mol. The minimum absolute atomic E-state index is 0.0382. The number of anilines is 1. The molecule has 4 rings (SSSR count). The second-order valence-corrected chi connectivity index (χ2v) is 9.15. The Bertz CT molecular complexity index is 1330. The minimum atomic E-state index is -0.908. The van der Waals surface area contributed by atoms with Gasteiger partial charge in [0.1, 0.15) is 23.0 Å². The number of aliphatic hydroxyl groups is 1. The lowest BCUT2D eigenvalue weighted by Gasteiger charge is -2.25. The number of phenols is 1. The molecule has 0 bridgehead atoms. The second-order valence-electron chi connectivity index (χ2n) is 9.15. The van der Waals surface area contributed by atoms with Gasteiger partial charge in [0.05, 0.1) is 25.3 Å². The Morgan fingerprint density at radius 2 is 1.75 bits per heavy atom. The van der Waals surface area contributed by atoms with E-state index in [1.165, 1.54) is 24.1 Å². The lowest BCUT2D eigenvalue weighted by atomic mass is 9.94. The van der Waals surface area contributed by atoms with Gasteiger partial charge in [-0.3, -0.25) is 14.5 Å². The first-order valence-corrected chi connectivity index (χ1v) is 11.7. The van der Waals surface area contributed by atoms with Gasteiger partial charge in [0.2, 0.25) is 0 Å². The molecule has 1 amide bonds. The summed E-state index contributed by atoms with van der Waals surface area (Å²) in [5.41, 5.74) is 2.16. The van der Waals surface area contributed by atoms with Crippen molar-refractivity contribution in [2.75, 3.05) is 18.6 Å². The summed E-state index contributed by atoms with van der Waals surface area (Å²) in [5, 5.41) is 21.2. The largest absolute Gasteiger partial charge is 0.508 e. The van der Waals surface area contributed by atoms with Crippen molar-refractivity contribution in [1.82, 2.24) is 0 Å². The highest BCUT2D eigenvalue weighted by atomic mass is 16.5. The molecule has 1 atom stereocenters. The molecule has 1 heterocycles. The maximum absolute atomic E-state index is 13.3. The fourth-order valence-electron chi connectivity index (χ4n) is 4.20. The van der Waals surface area contributed by atoms with Gasteiger partial charge in [-0.25, -0.2) is 0 Å². The number of ether oxygens (including phenoxy) is 2. The van der Waals surface area contributed by atoms with E-state index < -0.39 is 17.7 Å². The van der Waals surface area contributed by atoms with Gasteiger partial charge in [-0.2, -0.15) is 0 Å². The van der Waals surface area contributed by atoms with E-state index in [4.69, 9.17) is 9.47 Å². The van der Waals surface area contributed by atoms with Crippen molar-refractivity contribution in [3.63, 3.8) is 0 Å². The van der Waals surface area contributed by atoms with Crippen molar-refractivity contribution in [3.8, 4) is 17.2 Å². The molecule has 1 unspecified atom stereocenters. The lowest BCUT2D eigenvalue weighted by molar-refractivity contribution is -0.132. The molecular formula is C29H29NO6. The predicted octanol–water partition coefficient (Wildman–Crippen LogP) is 5.37. The van der Waals surface area contributed by atoms with Crippen LogP contribution in [0, 0.1) is 12.8 Å². The highest BCUT2D eigenvalue weighted by Gasteiger charge is 2.47. The molecule has 186 valence electrons.